The normalized spacial score (nSPS) is 25.6. The summed E-state index contributed by atoms with van der Waals surface area (Å²) in [6, 6.07) is 4.30. The SMILES string of the molecule is Cc1ccc(C)n1C1CCCCC1C(=O)O. The van der Waals surface area contributed by atoms with Gasteiger partial charge in [0.15, 0.2) is 0 Å². The van der Waals surface area contributed by atoms with Gasteiger partial charge in [0, 0.05) is 17.4 Å². The van der Waals surface area contributed by atoms with Crippen molar-refractivity contribution in [3.05, 3.63) is 23.5 Å². The average Bonchev–Trinajstić information content (AvgIpc) is 2.58. The summed E-state index contributed by atoms with van der Waals surface area (Å²) in [5.74, 6) is -0.851. The third-order valence-electron chi connectivity index (χ3n) is 3.70. The molecule has 0 radical (unpaired) electrons. The summed E-state index contributed by atoms with van der Waals surface area (Å²) in [6.45, 7) is 4.11. The molecule has 1 N–H and O–H groups in total. The van der Waals surface area contributed by atoms with Gasteiger partial charge in [-0.2, -0.15) is 0 Å². The van der Waals surface area contributed by atoms with Gasteiger partial charge in [0.05, 0.1) is 5.92 Å². The molecule has 0 aromatic carbocycles. The van der Waals surface area contributed by atoms with Gasteiger partial charge in [-0.25, -0.2) is 0 Å². The number of hydrogen-bond acceptors (Lipinski definition) is 1. The van der Waals surface area contributed by atoms with Crippen molar-refractivity contribution in [1.29, 1.82) is 0 Å². The van der Waals surface area contributed by atoms with E-state index in [0.717, 1.165) is 25.7 Å². The van der Waals surface area contributed by atoms with E-state index in [1.807, 2.05) is 0 Å². The molecule has 2 atom stereocenters. The molecular formula is C13H19NO2. The highest BCUT2D eigenvalue weighted by atomic mass is 16.4. The number of nitrogens with zero attached hydrogens (tertiary/aromatic N) is 1. The van der Waals surface area contributed by atoms with E-state index in [1.54, 1.807) is 0 Å². The van der Waals surface area contributed by atoms with Crippen LogP contribution >= 0.6 is 0 Å². The van der Waals surface area contributed by atoms with Crippen molar-refractivity contribution in [3.63, 3.8) is 0 Å². The minimum absolute atomic E-state index is 0.154. The highest BCUT2D eigenvalue weighted by molar-refractivity contribution is 5.70. The monoisotopic (exact) mass is 221 g/mol. The minimum atomic E-state index is -0.641. The van der Waals surface area contributed by atoms with Crippen molar-refractivity contribution in [3.8, 4) is 0 Å². The fraction of sp³-hybridized carbons (Fsp3) is 0.615. The van der Waals surface area contributed by atoms with Crippen LogP contribution in [0, 0.1) is 19.8 Å². The summed E-state index contributed by atoms with van der Waals surface area (Å²) in [5, 5.41) is 9.28. The molecule has 1 aliphatic rings. The Morgan fingerprint density at radius 1 is 1.25 bits per heavy atom. The number of rotatable bonds is 2. The number of aryl methyl sites for hydroxylation is 2. The number of carboxylic acids is 1. The Morgan fingerprint density at radius 2 is 1.81 bits per heavy atom. The molecule has 1 saturated carbocycles. The second-order valence-electron chi connectivity index (χ2n) is 4.78. The molecule has 1 aromatic heterocycles. The highest BCUT2D eigenvalue weighted by Gasteiger charge is 2.32. The van der Waals surface area contributed by atoms with Crippen LogP contribution in [0.1, 0.15) is 43.1 Å². The van der Waals surface area contributed by atoms with Crippen molar-refractivity contribution < 1.29 is 9.90 Å². The summed E-state index contributed by atoms with van der Waals surface area (Å²) in [7, 11) is 0. The van der Waals surface area contributed by atoms with Gasteiger partial charge in [-0.1, -0.05) is 12.8 Å². The Labute approximate surface area is 96.1 Å². The number of carbonyl (C=O) groups is 1. The van der Waals surface area contributed by atoms with Crippen LogP contribution in [-0.2, 0) is 4.79 Å². The molecule has 1 heterocycles. The van der Waals surface area contributed by atoms with Gasteiger partial charge < -0.3 is 9.67 Å². The van der Waals surface area contributed by atoms with Gasteiger partial charge in [-0.15, -0.1) is 0 Å². The summed E-state index contributed by atoms with van der Waals surface area (Å²) >= 11 is 0. The molecule has 1 fully saturated rings. The van der Waals surface area contributed by atoms with E-state index in [9.17, 15) is 9.90 Å². The predicted molar refractivity (Wildman–Crippen MR) is 62.5 cm³/mol. The Morgan fingerprint density at radius 3 is 2.38 bits per heavy atom. The molecule has 2 rings (SSSR count). The Kier molecular flexibility index (Phi) is 3.03. The lowest BCUT2D eigenvalue weighted by Gasteiger charge is -2.32. The summed E-state index contributed by atoms with van der Waals surface area (Å²) in [5.41, 5.74) is 2.35. The number of aliphatic carboxylic acids is 1. The van der Waals surface area contributed by atoms with Crippen LogP contribution in [0.25, 0.3) is 0 Å². The maximum absolute atomic E-state index is 11.3. The van der Waals surface area contributed by atoms with Crippen LogP contribution < -0.4 is 0 Å². The molecule has 1 aliphatic carbocycles. The van der Waals surface area contributed by atoms with Crippen molar-refractivity contribution in [2.75, 3.05) is 0 Å². The number of aromatic nitrogens is 1. The lowest BCUT2D eigenvalue weighted by Crippen LogP contribution is -2.30. The smallest absolute Gasteiger partial charge is 0.308 e. The number of hydrogen-bond donors (Lipinski definition) is 1. The van der Waals surface area contributed by atoms with E-state index in [-0.39, 0.29) is 12.0 Å². The third kappa shape index (κ3) is 1.86. The first kappa shape index (κ1) is 11.2. The van der Waals surface area contributed by atoms with Crippen LogP contribution in [0.5, 0.6) is 0 Å². The maximum atomic E-state index is 11.3. The zero-order chi connectivity index (χ0) is 11.7. The topological polar surface area (TPSA) is 42.2 Å². The van der Waals surface area contributed by atoms with Gasteiger partial charge in [0.1, 0.15) is 0 Å². The van der Waals surface area contributed by atoms with E-state index in [0.29, 0.717) is 0 Å². The molecule has 1 aromatic rings. The minimum Gasteiger partial charge on any atom is -0.481 e. The largest absolute Gasteiger partial charge is 0.481 e. The van der Waals surface area contributed by atoms with Crippen LogP contribution in [0.3, 0.4) is 0 Å². The van der Waals surface area contributed by atoms with Crippen molar-refractivity contribution in [2.24, 2.45) is 5.92 Å². The highest BCUT2D eigenvalue weighted by Crippen LogP contribution is 2.36. The first-order valence-corrected chi connectivity index (χ1v) is 5.98. The van der Waals surface area contributed by atoms with Crippen LogP contribution in [-0.4, -0.2) is 15.6 Å². The lowest BCUT2D eigenvalue weighted by molar-refractivity contribution is -0.144. The Balaban J connectivity index is 2.33. The van der Waals surface area contributed by atoms with Crippen molar-refractivity contribution >= 4 is 5.97 Å². The molecule has 2 unspecified atom stereocenters. The average molecular weight is 221 g/mol. The van der Waals surface area contributed by atoms with E-state index >= 15 is 0 Å². The summed E-state index contributed by atoms with van der Waals surface area (Å²) in [6.07, 6.45) is 4.00. The lowest BCUT2D eigenvalue weighted by atomic mass is 9.84. The second kappa shape index (κ2) is 4.32. The van der Waals surface area contributed by atoms with E-state index in [4.69, 9.17) is 0 Å². The quantitative estimate of drug-likeness (QED) is 0.834. The second-order valence-corrected chi connectivity index (χ2v) is 4.78. The Bertz CT molecular complexity index is 375. The van der Waals surface area contributed by atoms with Crippen molar-refractivity contribution in [1.82, 2.24) is 4.57 Å². The molecule has 0 spiro atoms. The first-order chi connectivity index (χ1) is 7.61. The van der Waals surface area contributed by atoms with Crippen LogP contribution in [0.4, 0.5) is 0 Å². The fourth-order valence-electron chi connectivity index (χ4n) is 2.91. The maximum Gasteiger partial charge on any atom is 0.308 e. The van der Waals surface area contributed by atoms with Crippen molar-refractivity contribution in [2.45, 2.75) is 45.6 Å². The predicted octanol–water partition coefficient (Wildman–Crippen LogP) is 2.92. The zero-order valence-corrected chi connectivity index (χ0v) is 9.94. The summed E-state index contributed by atoms with van der Waals surface area (Å²) in [4.78, 5) is 11.3. The molecule has 16 heavy (non-hydrogen) atoms. The first-order valence-electron chi connectivity index (χ1n) is 5.98. The van der Waals surface area contributed by atoms with E-state index in [2.05, 4.69) is 30.5 Å². The fourth-order valence-corrected chi connectivity index (χ4v) is 2.91. The van der Waals surface area contributed by atoms with Gasteiger partial charge in [-0.05, 0) is 38.8 Å². The zero-order valence-electron chi connectivity index (χ0n) is 9.94. The van der Waals surface area contributed by atoms with Gasteiger partial charge in [0.2, 0.25) is 0 Å². The molecule has 0 aliphatic heterocycles. The molecule has 0 bridgehead atoms. The molecular weight excluding hydrogens is 202 g/mol. The standard InChI is InChI=1S/C13H19NO2/c1-9-7-8-10(2)14(9)12-6-4-3-5-11(12)13(15)16/h7-8,11-12H,3-6H2,1-2H3,(H,15,16). The summed E-state index contributed by atoms with van der Waals surface area (Å²) < 4.78 is 2.21. The van der Waals surface area contributed by atoms with Crippen LogP contribution in [0.15, 0.2) is 12.1 Å². The third-order valence-corrected chi connectivity index (χ3v) is 3.70. The van der Waals surface area contributed by atoms with Crippen LogP contribution in [0.2, 0.25) is 0 Å². The Hall–Kier alpha value is -1.25. The van der Waals surface area contributed by atoms with Gasteiger partial charge in [-0.3, -0.25) is 4.79 Å². The van der Waals surface area contributed by atoms with E-state index in [1.165, 1.54) is 11.4 Å². The molecule has 3 heteroatoms. The van der Waals surface area contributed by atoms with Gasteiger partial charge >= 0.3 is 5.97 Å². The molecule has 3 nitrogen and oxygen atoms in total. The molecule has 88 valence electrons. The van der Waals surface area contributed by atoms with E-state index < -0.39 is 5.97 Å². The molecule has 0 amide bonds. The molecule has 0 saturated heterocycles. The number of carboxylic acid groups (broad SMARTS) is 1. The van der Waals surface area contributed by atoms with Gasteiger partial charge in [0.25, 0.3) is 0 Å².